The van der Waals surface area contributed by atoms with Crippen molar-refractivity contribution in [3.8, 4) is 22.4 Å². The molecule has 1 aliphatic carbocycles. The van der Waals surface area contributed by atoms with E-state index >= 15 is 0 Å². The highest BCUT2D eigenvalue weighted by atomic mass is 16.3. The third-order valence-corrected chi connectivity index (χ3v) is 11.3. The van der Waals surface area contributed by atoms with E-state index in [2.05, 4.69) is 163 Å². The Balaban J connectivity index is 1.05. The Labute approximate surface area is 319 Å². The van der Waals surface area contributed by atoms with Crippen molar-refractivity contribution in [2.75, 3.05) is 0 Å². The number of hydrogen-bond donors (Lipinski definition) is 1. The summed E-state index contributed by atoms with van der Waals surface area (Å²) in [7, 11) is 0. The van der Waals surface area contributed by atoms with Crippen LogP contribution in [0.5, 0.6) is 0 Å². The van der Waals surface area contributed by atoms with E-state index < -0.39 is 0 Å². The van der Waals surface area contributed by atoms with Gasteiger partial charge in [0, 0.05) is 38.9 Å². The SMILES string of the molecule is C1=C(c2cccc(C3Cc4ccccc4-c4ccccc43)c2)NC(c2ccccc2)N=C1c1ccc2oc3c(-c4ccccc4)nc4ccccc4c3c2c1. The molecule has 0 spiro atoms. The van der Waals surface area contributed by atoms with E-state index in [-0.39, 0.29) is 12.1 Å². The molecule has 3 heterocycles. The van der Waals surface area contributed by atoms with E-state index in [1.807, 2.05) is 24.3 Å². The molecule has 2 unspecified atom stereocenters. The van der Waals surface area contributed by atoms with Crippen LogP contribution in [0.2, 0.25) is 0 Å². The first-order valence-corrected chi connectivity index (χ1v) is 18.9. The summed E-state index contributed by atoms with van der Waals surface area (Å²) in [6.07, 6.45) is 2.92. The Kier molecular flexibility index (Phi) is 7.34. The fourth-order valence-corrected chi connectivity index (χ4v) is 8.65. The molecule has 1 aliphatic heterocycles. The Bertz CT molecular complexity index is 2990. The van der Waals surface area contributed by atoms with Crippen molar-refractivity contribution < 1.29 is 4.42 Å². The zero-order valence-electron chi connectivity index (χ0n) is 30.0. The molecule has 0 saturated carbocycles. The van der Waals surface area contributed by atoms with Crippen LogP contribution in [0.25, 0.3) is 60.9 Å². The molecular formula is C51H35N3O. The van der Waals surface area contributed by atoms with Crippen molar-refractivity contribution in [1.29, 1.82) is 0 Å². The molecule has 0 amide bonds. The van der Waals surface area contributed by atoms with Crippen molar-refractivity contribution in [1.82, 2.24) is 10.3 Å². The van der Waals surface area contributed by atoms with Gasteiger partial charge < -0.3 is 9.73 Å². The van der Waals surface area contributed by atoms with Crippen LogP contribution in [-0.4, -0.2) is 10.7 Å². The molecule has 7 aromatic carbocycles. The van der Waals surface area contributed by atoms with Gasteiger partial charge in [-0.25, -0.2) is 4.98 Å². The third kappa shape index (κ3) is 5.37. The van der Waals surface area contributed by atoms with Gasteiger partial charge in [0.1, 0.15) is 17.4 Å². The van der Waals surface area contributed by atoms with Gasteiger partial charge in [0.25, 0.3) is 0 Å². The summed E-state index contributed by atoms with van der Waals surface area (Å²) in [6.45, 7) is 0. The predicted octanol–water partition coefficient (Wildman–Crippen LogP) is 12.3. The van der Waals surface area contributed by atoms with Crippen LogP contribution < -0.4 is 5.32 Å². The summed E-state index contributed by atoms with van der Waals surface area (Å²) >= 11 is 0. The number of aliphatic imine (C=N–C) groups is 1. The first kappa shape index (κ1) is 31.5. The van der Waals surface area contributed by atoms with Crippen LogP contribution in [0.15, 0.2) is 191 Å². The van der Waals surface area contributed by atoms with E-state index in [9.17, 15) is 0 Å². The van der Waals surface area contributed by atoms with E-state index in [1.54, 1.807) is 0 Å². The van der Waals surface area contributed by atoms with Crippen LogP contribution in [0.1, 0.15) is 45.5 Å². The smallest absolute Gasteiger partial charge is 0.162 e. The molecule has 1 N–H and O–H groups in total. The largest absolute Gasteiger partial charge is 0.454 e. The van der Waals surface area contributed by atoms with Crippen LogP contribution in [0.3, 0.4) is 0 Å². The van der Waals surface area contributed by atoms with Crippen LogP contribution in [0, 0.1) is 0 Å². The minimum atomic E-state index is -0.256. The zero-order chi connectivity index (χ0) is 36.3. The number of aromatic nitrogens is 1. The fourth-order valence-electron chi connectivity index (χ4n) is 8.65. The van der Waals surface area contributed by atoms with Gasteiger partial charge in [-0.05, 0) is 81.8 Å². The van der Waals surface area contributed by atoms with Crippen molar-refractivity contribution in [3.63, 3.8) is 0 Å². The van der Waals surface area contributed by atoms with Crippen molar-refractivity contribution in [3.05, 3.63) is 215 Å². The molecule has 2 atom stereocenters. The van der Waals surface area contributed by atoms with Gasteiger partial charge in [0.2, 0.25) is 0 Å². The van der Waals surface area contributed by atoms with Crippen molar-refractivity contribution in [2.45, 2.75) is 18.5 Å². The monoisotopic (exact) mass is 705 g/mol. The first-order chi connectivity index (χ1) is 27.2. The third-order valence-electron chi connectivity index (χ3n) is 11.3. The van der Waals surface area contributed by atoms with Gasteiger partial charge in [0.15, 0.2) is 5.58 Å². The number of hydrogen-bond acceptors (Lipinski definition) is 4. The number of para-hydroxylation sites is 1. The predicted molar refractivity (Wildman–Crippen MR) is 225 cm³/mol. The molecule has 4 nitrogen and oxygen atoms in total. The molecular weight excluding hydrogens is 671 g/mol. The maximum Gasteiger partial charge on any atom is 0.162 e. The number of benzene rings is 7. The summed E-state index contributed by atoms with van der Waals surface area (Å²) in [5.74, 6) is 0.259. The molecule has 9 aromatic rings. The van der Waals surface area contributed by atoms with Crippen molar-refractivity contribution >= 4 is 44.3 Å². The number of pyridine rings is 1. The van der Waals surface area contributed by atoms with Gasteiger partial charge in [0.05, 0.1) is 11.2 Å². The minimum absolute atomic E-state index is 0.256. The van der Waals surface area contributed by atoms with E-state index in [0.29, 0.717) is 0 Å². The fraction of sp³-hybridized carbons (Fsp3) is 0.0588. The number of allylic oxidation sites excluding steroid dienone is 1. The normalized spacial score (nSPS) is 16.3. The molecule has 4 heteroatoms. The Hall–Kier alpha value is -7.04. The van der Waals surface area contributed by atoms with Gasteiger partial charge in [-0.15, -0.1) is 0 Å². The van der Waals surface area contributed by atoms with Crippen LogP contribution >= 0.6 is 0 Å². The van der Waals surface area contributed by atoms with Gasteiger partial charge >= 0.3 is 0 Å². The molecule has 0 radical (unpaired) electrons. The number of nitrogens with zero attached hydrogens (tertiary/aromatic N) is 2. The maximum absolute atomic E-state index is 6.66. The van der Waals surface area contributed by atoms with E-state index in [1.165, 1.54) is 27.8 Å². The number of furan rings is 1. The molecule has 0 saturated heterocycles. The van der Waals surface area contributed by atoms with Crippen LogP contribution in [-0.2, 0) is 6.42 Å². The van der Waals surface area contributed by atoms with Gasteiger partial charge in [-0.2, -0.15) is 0 Å². The Morgan fingerprint density at radius 1 is 0.564 bits per heavy atom. The second-order valence-corrected chi connectivity index (χ2v) is 14.5. The molecule has 2 aromatic heterocycles. The van der Waals surface area contributed by atoms with E-state index in [0.717, 1.165) is 78.6 Å². The lowest BCUT2D eigenvalue weighted by Crippen LogP contribution is -2.25. The minimum Gasteiger partial charge on any atom is -0.454 e. The van der Waals surface area contributed by atoms with Crippen molar-refractivity contribution in [2.24, 2.45) is 4.99 Å². The summed E-state index contributed by atoms with van der Waals surface area (Å²) in [6, 6.07) is 62.4. The number of nitrogens with one attached hydrogen (secondary N) is 1. The van der Waals surface area contributed by atoms with Gasteiger partial charge in [-0.1, -0.05) is 146 Å². The average molecular weight is 706 g/mol. The lowest BCUT2D eigenvalue weighted by Gasteiger charge is -2.29. The summed E-state index contributed by atoms with van der Waals surface area (Å²) < 4.78 is 6.66. The standard InChI is InChI=1S/C51H35N3O/c1-3-14-32(15-4-1)49-50-48(41-24-11-12-25-44(41)52-49)43-30-37(26-27-47(43)55-50)46-31-45(53-51(54-46)33-16-5-2-6-17-33)36-20-13-19-34(28-36)42-29-35-18-7-8-21-38(35)39-22-9-10-23-40(39)42/h1-28,30-31,42,51,53H,29H2. The molecule has 0 fully saturated rings. The highest BCUT2D eigenvalue weighted by Crippen LogP contribution is 2.44. The second-order valence-electron chi connectivity index (χ2n) is 14.5. The highest BCUT2D eigenvalue weighted by Gasteiger charge is 2.27. The lowest BCUT2D eigenvalue weighted by atomic mass is 9.75. The quantitative estimate of drug-likeness (QED) is 0.194. The molecule has 11 rings (SSSR count). The second kappa shape index (κ2) is 12.8. The van der Waals surface area contributed by atoms with E-state index in [4.69, 9.17) is 14.4 Å². The highest BCUT2D eigenvalue weighted by molar-refractivity contribution is 6.23. The number of rotatable bonds is 5. The molecule has 260 valence electrons. The Morgan fingerprint density at radius 3 is 2.18 bits per heavy atom. The molecule has 55 heavy (non-hydrogen) atoms. The molecule has 2 aliphatic rings. The summed E-state index contributed by atoms with van der Waals surface area (Å²) in [5.41, 5.74) is 16.5. The number of fused-ring (bicyclic) bond motifs is 8. The topological polar surface area (TPSA) is 50.4 Å². The van der Waals surface area contributed by atoms with Crippen LogP contribution in [0.4, 0.5) is 0 Å². The zero-order valence-corrected chi connectivity index (χ0v) is 30.0. The summed E-state index contributed by atoms with van der Waals surface area (Å²) in [5, 5.41) is 7.00. The Morgan fingerprint density at radius 2 is 1.29 bits per heavy atom. The van der Waals surface area contributed by atoms with Gasteiger partial charge in [-0.3, -0.25) is 4.99 Å². The lowest BCUT2D eigenvalue weighted by molar-refractivity contribution is 0.663. The average Bonchev–Trinajstić information content (AvgIpc) is 3.66. The maximum atomic E-state index is 6.66. The summed E-state index contributed by atoms with van der Waals surface area (Å²) in [4.78, 5) is 10.4. The first-order valence-electron chi connectivity index (χ1n) is 18.9. The molecule has 0 bridgehead atoms.